The standard InChI is InChI=1S/C11H9F2N3O2/c12-11(13)10-8(6-17)14-15-16(10)5-7-3-1-2-4-9(7)18/h1-4,6,11,18H,5H2. The maximum Gasteiger partial charge on any atom is 0.282 e. The lowest BCUT2D eigenvalue weighted by Crippen LogP contribution is -2.08. The van der Waals surface area contributed by atoms with Crippen LogP contribution in [0.2, 0.25) is 0 Å². The largest absolute Gasteiger partial charge is 0.508 e. The molecule has 0 fully saturated rings. The molecule has 1 heterocycles. The summed E-state index contributed by atoms with van der Waals surface area (Å²) < 4.78 is 26.5. The third kappa shape index (κ3) is 2.20. The van der Waals surface area contributed by atoms with Gasteiger partial charge in [0.25, 0.3) is 6.43 Å². The number of aromatic nitrogens is 3. The number of carbonyl (C=O) groups excluding carboxylic acids is 1. The molecule has 0 aliphatic rings. The van der Waals surface area contributed by atoms with E-state index in [4.69, 9.17) is 0 Å². The second-order valence-corrected chi connectivity index (χ2v) is 3.56. The highest BCUT2D eigenvalue weighted by molar-refractivity contribution is 5.73. The Labute approximate surface area is 101 Å². The molecule has 2 rings (SSSR count). The predicted molar refractivity (Wildman–Crippen MR) is 57.6 cm³/mol. The maximum absolute atomic E-state index is 12.8. The van der Waals surface area contributed by atoms with E-state index in [2.05, 4.69) is 10.3 Å². The molecule has 0 atom stereocenters. The van der Waals surface area contributed by atoms with Gasteiger partial charge in [0.1, 0.15) is 11.4 Å². The van der Waals surface area contributed by atoms with Gasteiger partial charge in [-0.15, -0.1) is 5.10 Å². The van der Waals surface area contributed by atoms with Crippen LogP contribution < -0.4 is 0 Å². The van der Waals surface area contributed by atoms with Gasteiger partial charge in [-0.05, 0) is 6.07 Å². The quantitative estimate of drug-likeness (QED) is 0.843. The predicted octanol–water partition coefficient (Wildman–Crippen LogP) is 1.78. The number of hydrogen-bond donors (Lipinski definition) is 1. The average Bonchev–Trinajstić information content (AvgIpc) is 2.75. The monoisotopic (exact) mass is 253 g/mol. The molecule has 94 valence electrons. The summed E-state index contributed by atoms with van der Waals surface area (Å²) in [4.78, 5) is 10.6. The summed E-state index contributed by atoms with van der Waals surface area (Å²) in [6.07, 6.45) is -2.62. The van der Waals surface area contributed by atoms with Gasteiger partial charge in [-0.2, -0.15) is 0 Å². The van der Waals surface area contributed by atoms with E-state index in [0.717, 1.165) is 4.68 Å². The number of benzene rings is 1. The van der Waals surface area contributed by atoms with Crippen molar-refractivity contribution in [2.75, 3.05) is 0 Å². The van der Waals surface area contributed by atoms with Crippen molar-refractivity contribution in [3.8, 4) is 5.75 Å². The summed E-state index contributed by atoms with van der Waals surface area (Å²) in [7, 11) is 0. The summed E-state index contributed by atoms with van der Waals surface area (Å²) in [5, 5.41) is 16.4. The first-order chi connectivity index (χ1) is 8.63. The van der Waals surface area contributed by atoms with Gasteiger partial charge >= 0.3 is 0 Å². The van der Waals surface area contributed by atoms with Crippen molar-refractivity contribution in [1.29, 1.82) is 0 Å². The minimum atomic E-state index is -2.86. The van der Waals surface area contributed by atoms with Crippen molar-refractivity contribution in [2.45, 2.75) is 13.0 Å². The lowest BCUT2D eigenvalue weighted by Gasteiger charge is -2.07. The number of carbonyl (C=O) groups is 1. The Balaban J connectivity index is 2.38. The number of hydrogen-bond acceptors (Lipinski definition) is 4. The molecule has 2 aromatic rings. The SMILES string of the molecule is O=Cc1nnn(Cc2ccccc2O)c1C(F)F. The van der Waals surface area contributed by atoms with E-state index in [1.807, 2.05) is 0 Å². The van der Waals surface area contributed by atoms with Gasteiger partial charge in [-0.3, -0.25) is 4.79 Å². The summed E-state index contributed by atoms with van der Waals surface area (Å²) in [5.41, 5.74) is -0.518. The molecule has 0 amide bonds. The summed E-state index contributed by atoms with van der Waals surface area (Å²) in [5.74, 6) is -0.0270. The maximum atomic E-state index is 12.8. The molecule has 1 aromatic heterocycles. The molecular formula is C11H9F2N3O2. The van der Waals surface area contributed by atoms with Gasteiger partial charge < -0.3 is 5.11 Å². The van der Waals surface area contributed by atoms with Gasteiger partial charge in [0.05, 0.1) is 6.54 Å². The minimum Gasteiger partial charge on any atom is -0.508 e. The molecule has 1 N–H and O–H groups in total. The first-order valence-corrected chi connectivity index (χ1v) is 5.07. The van der Waals surface area contributed by atoms with Gasteiger partial charge in [0.15, 0.2) is 12.0 Å². The average molecular weight is 253 g/mol. The molecule has 0 aliphatic heterocycles. The van der Waals surface area contributed by atoms with Crippen LogP contribution in [0.1, 0.15) is 28.2 Å². The summed E-state index contributed by atoms with van der Waals surface area (Å²) in [6, 6.07) is 6.29. The highest BCUT2D eigenvalue weighted by Gasteiger charge is 2.21. The summed E-state index contributed by atoms with van der Waals surface area (Å²) in [6.45, 7) is -0.0762. The minimum absolute atomic E-state index is 0.0270. The van der Waals surface area contributed by atoms with Crippen molar-refractivity contribution < 1.29 is 18.7 Å². The molecule has 0 bridgehead atoms. The van der Waals surface area contributed by atoms with Crippen molar-refractivity contribution in [2.24, 2.45) is 0 Å². The molecule has 0 radical (unpaired) electrons. The molecule has 0 saturated carbocycles. The van der Waals surface area contributed by atoms with Crippen LogP contribution in [-0.2, 0) is 6.54 Å². The fourth-order valence-electron chi connectivity index (χ4n) is 1.56. The number of phenols is 1. The second-order valence-electron chi connectivity index (χ2n) is 3.56. The highest BCUT2D eigenvalue weighted by atomic mass is 19.3. The first kappa shape index (κ1) is 12.2. The van der Waals surface area contributed by atoms with E-state index in [-0.39, 0.29) is 24.3 Å². The van der Waals surface area contributed by atoms with Crippen LogP contribution in [0.4, 0.5) is 8.78 Å². The first-order valence-electron chi connectivity index (χ1n) is 5.07. The third-order valence-electron chi connectivity index (χ3n) is 2.43. The van der Waals surface area contributed by atoms with Gasteiger partial charge in [0.2, 0.25) is 0 Å². The van der Waals surface area contributed by atoms with Crippen molar-refractivity contribution in [3.63, 3.8) is 0 Å². The van der Waals surface area contributed by atoms with Crippen molar-refractivity contribution >= 4 is 6.29 Å². The van der Waals surface area contributed by atoms with Crippen LogP contribution in [0.25, 0.3) is 0 Å². The number of nitrogens with zero attached hydrogens (tertiary/aromatic N) is 3. The number of halogens is 2. The molecule has 0 saturated heterocycles. The van der Waals surface area contributed by atoms with Crippen LogP contribution in [0.5, 0.6) is 5.75 Å². The van der Waals surface area contributed by atoms with E-state index in [9.17, 15) is 18.7 Å². The number of alkyl halides is 2. The molecule has 7 heteroatoms. The van der Waals surface area contributed by atoms with E-state index in [0.29, 0.717) is 5.56 Å². The van der Waals surface area contributed by atoms with Crippen LogP contribution in [0.15, 0.2) is 24.3 Å². The number of phenolic OH excluding ortho intramolecular Hbond substituents is 1. The van der Waals surface area contributed by atoms with Crippen molar-refractivity contribution in [3.05, 3.63) is 41.2 Å². The Kier molecular flexibility index (Phi) is 3.31. The molecule has 1 aromatic carbocycles. The normalized spacial score (nSPS) is 10.8. The van der Waals surface area contributed by atoms with Crippen LogP contribution in [0, 0.1) is 0 Å². The molecule has 0 unspecified atom stereocenters. The molecule has 0 spiro atoms. The molecule has 5 nitrogen and oxygen atoms in total. The Morgan fingerprint density at radius 1 is 1.39 bits per heavy atom. The summed E-state index contributed by atoms with van der Waals surface area (Å²) >= 11 is 0. The van der Waals surface area contributed by atoms with Crippen molar-refractivity contribution in [1.82, 2.24) is 15.0 Å². The number of aldehydes is 1. The third-order valence-corrected chi connectivity index (χ3v) is 2.43. The second kappa shape index (κ2) is 4.91. The van der Waals surface area contributed by atoms with E-state index in [1.165, 1.54) is 6.07 Å². The zero-order valence-electron chi connectivity index (χ0n) is 9.12. The van der Waals surface area contributed by atoms with E-state index in [1.54, 1.807) is 18.2 Å². The Morgan fingerprint density at radius 2 is 2.11 bits per heavy atom. The Bertz CT molecular complexity index is 569. The van der Waals surface area contributed by atoms with Gasteiger partial charge in [0, 0.05) is 5.56 Å². The Hall–Kier alpha value is -2.31. The smallest absolute Gasteiger partial charge is 0.282 e. The van der Waals surface area contributed by atoms with Crippen LogP contribution in [-0.4, -0.2) is 26.4 Å². The highest BCUT2D eigenvalue weighted by Crippen LogP contribution is 2.23. The molecule has 0 aliphatic carbocycles. The zero-order valence-corrected chi connectivity index (χ0v) is 9.12. The van der Waals surface area contributed by atoms with Crippen LogP contribution in [0.3, 0.4) is 0 Å². The lowest BCUT2D eigenvalue weighted by molar-refractivity contribution is 0.109. The number of aromatic hydroxyl groups is 1. The number of para-hydroxylation sites is 1. The van der Waals surface area contributed by atoms with E-state index >= 15 is 0 Å². The molecular weight excluding hydrogens is 244 g/mol. The van der Waals surface area contributed by atoms with Crippen LogP contribution >= 0.6 is 0 Å². The van der Waals surface area contributed by atoms with Gasteiger partial charge in [-0.1, -0.05) is 23.4 Å². The van der Waals surface area contributed by atoms with Gasteiger partial charge in [-0.25, -0.2) is 13.5 Å². The fraction of sp³-hybridized carbons (Fsp3) is 0.182. The fourth-order valence-corrected chi connectivity index (χ4v) is 1.56. The number of rotatable bonds is 4. The zero-order chi connectivity index (χ0) is 13.1. The lowest BCUT2D eigenvalue weighted by atomic mass is 10.2. The topological polar surface area (TPSA) is 68.0 Å². The molecule has 18 heavy (non-hydrogen) atoms. The Morgan fingerprint density at radius 3 is 2.72 bits per heavy atom. The van der Waals surface area contributed by atoms with E-state index < -0.39 is 12.1 Å².